The van der Waals surface area contributed by atoms with Gasteiger partial charge in [-0.25, -0.2) is 4.79 Å². The Morgan fingerprint density at radius 3 is 2.10 bits per heavy atom. The van der Waals surface area contributed by atoms with Crippen molar-refractivity contribution in [3.05, 3.63) is 58.7 Å². The molecule has 0 aromatic heterocycles. The Morgan fingerprint density at radius 2 is 1.55 bits per heavy atom. The van der Waals surface area contributed by atoms with E-state index in [0.29, 0.717) is 5.75 Å². The lowest BCUT2D eigenvalue weighted by Gasteiger charge is -2.20. The van der Waals surface area contributed by atoms with Crippen molar-refractivity contribution in [2.45, 2.75) is 53.4 Å². The van der Waals surface area contributed by atoms with Crippen LogP contribution in [0.4, 0.5) is 5.69 Å². The Morgan fingerprint density at radius 1 is 0.931 bits per heavy atom. The van der Waals surface area contributed by atoms with E-state index >= 15 is 0 Å². The normalized spacial score (nSPS) is 10.9. The molecule has 1 amide bonds. The number of esters is 1. The van der Waals surface area contributed by atoms with Crippen molar-refractivity contribution in [3.63, 3.8) is 0 Å². The predicted molar refractivity (Wildman–Crippen MR) is 116 cm³/mol. The van der Waals surface area contributed by atoms with E-state index in [1.165, 1.54) is 0 Å². The molecule has 0 aliphatic rings. The molecule has 29 heavy (non-hydrogen) atoms. The van der Waals surface area contributed by atoms with E-state index in [9.17, 15) is 9.59 Å². The van der Waals surface area contributed by atoms with Gasteiger partial charge in [-0.05, 0) is 48.4 Å². The molecule has 156 valence electrons. The fourth-order valence-electron chi connectivity index (χ4n) is 3.16. The molecule has 5 heteroatoms. The van der Waals surface area contributed by atoms with Gasteiger partial charge in [0.25, 0.3) is 5.91 Å². The summed E-state index contributed by atoms with van der Waals surface area (Å²) in [7, 11) is 0. The summed E-state index contributed by atoms with van der Waals surface area (Å²) >= 11 is 0. The molecule has 0 heterocycles. The highest BCUT2D eigenvalue weighted by molar-refractivity contribution is 5.94. The van der Waals surface area contributed by atoms with Crippen molar-refractivity contribution < 1.29 is 19.1 Å². The molecule has 0 bridgehead atoms. The molecule has 1 N–H and O–H groups in total. The summed E-state index contributed by atoms with van der Waals surface area (Å²) < 4.78 is 10.6. The Bertz CT molecular complexity index is 845. The van der Waals surface area contributed by atoms with Crippen LogP contribution in [-0.4, -0.2) is 25.1 Å². The van der Waals surface area contributed by atoms with Gasteiger partial charge in [0.1, 0.15) is 5.75 Å². The van der Waals surface area contributed by atoms with Crippen LogP contribution in [0.5, 0.6) is 5.75 Å². The highest BCUT2D eigenvalue weighted by Gasteiger charge is 2.17. The third-order valence-electron chi connectivity index (χ3n) is 4.68. The minimum Gasteiger partial charge on any atom is -0.482 e. The lowest BCUT2D eigenvalue weighted by Crippen LogP contribution is -2.25. The van der Waals surface area contributed by atoms with Crippen molar-refractivity contribution in [1.29, 1.82) is 0 Å². The van der Waals surface area contributed by atoms with E-state index < -0.39 is 5.97 Å². The van der Waals surface area contributed by atoms with Gasteiger partial charge in [-0.15, -0.1) is 0 Å². The van der Waals surface area contributed by atoms with Crippen molar-refractivity contribution in [2.24, 2.45) is 0 Å². The summed E-state index contributed by atoms with van der Waals surface area (Å²) in [6.45, 7) is 11.7. The van der Waals surface area contributed by atoms with Crippen LogP contribution in [0, 0.1) is 13.8 Å². The van der Waals surface area contributed by atoms with Gasteiger partial charge in [0.15, 0.2) is 13.2 Å². The topological polar surface area (TPSA) is 64.6 Å². The monoisotopic (exact) mass is 397 g/mol. The van der Waals surface area contributed by atoms with Crippen LogP contribution in [0.25, 0.3) is 0 Å². The predicted octanol–water partition coefficient (Wildman–Crippen LogP) is 5.11. The first-order valence-corrected chi connectivity index (χ1v) is 9.97. The zero-order valence-corrected chi connectivity index (χ0v) is 18.2. The summed E-state index contributed by atoms with van der Waals surface area (Å²) in [5, 5.41) is 2.93. The molecular weight excluding hydrogens is 366 g/mol. The summed E-state index contributed by atoms with van der Waals surface area (Å²) in [6, 6.07) is 11.7. The quantitative estimate of drug-likeness (QED) is 0.629. The standard InChI is InChI=1S/C24H31NO4/c1-15(2)19-8-7-9-20(16(3)4)24(19)25-22(26)13-29-23(27)14-28-21-11-10-17(5)12-18(21)6/h7-12,15-16H,13-14H2,1-6H3,(H,25,26). The number of hydrogen-bond donors (Lipinski definition) is 1. The van der Waals surface area contributed by atoms with E-state index in [0.717, 1.165) is 27.9 Å². The van der Waals surface area contributed by atoms with E-state index in [1.54, 1.807) is 0 Å². The van der Waals surface area contributed by atoms with Gasteiger partial charge < -0.3 is 14.8 Å². The number of benzene rings is 2. The van der Waals surface area contributed by atoms with Crippen LogP contribution in [-0.2, 0) is 14.3 Å². The Balaban J connectivity index is 1.93. The lowest BCUT2D eigenvalue weighted by atomic mass is 9.92. The summed E-state index contributed by atoms with van der Waals surface area (Å²) in [6.07, 6.45) is 0. The molecule has 0 saturated carbocycles. The number of amides is 1. The van der Waals surface area contributed by atoms with Crippen LogP contribution in [0.3, 0.4) is 0 Å². The van der Waals surface area contributed by atoms with Gasteiger partial charge in [0.2, 0.25) is 0 Å². The molecular formula is C24H31NO4. The molecule has 0 atom stereocenters. The van der Waals surface area contributed by atoms with E-state index in [1.807, 2.05) is 50.2 Å². The Hall–Kier alpha value is -2.82. The number of anilines is 1. The smallest absolute Gasteiger partial charge is 0.344 e. The first-order valence-electron chi connectivity index (χ1n) is 9.97. The van der Waals surface area contributed by atoms with Crippen LogP contribution >= 0.6 is 0 Å². The van der Waals surface area contributed by atoms with Crippen molar-refractivity contribution in [2.75, 3.05) is 18.5 Å². The summed E-state index contributed by atoms with van der Waals surface area (Å²) in [5.74, 6) is 0.209. The molecule has 2 aromatic carbocycles. The van der Waals surface area contributed by atoms with Crippen LogP contribution < -0.4 is 10.1 Å². The maximum absolute atomic E-state index is 12.4. The van der Waals surface area contributed by atoms with Gasteiger partial charge >= 0.3 is 5.97 Å². The molecule has 0 saturated heterocycles. The SMILES string of the molecule is Cc1ccc(OCC(=O)OCC(=O)Nc2c(C(C)C)cccc2C(C)C)c(C)c1. The molecule has 0 spiro atoms. The third kappa shape index (κ3) is 6.34. The lowest BCUT2D eigenvalue weighted by molar-refractivity contribution is -0.149. The first kappa shape index (κ1) is 22.5. The molecule has 0 aliphatic carbocycles. The third-order valence-corrected chi connectivity index (χ3v) is 4.68. The van der Waals surface area contributed by atoms with Crippen LogP contribution in [0.1, 0.15) is 61.8 Å². The fourth-order valence-corrected chi connectivity index (χ4v) is 3.16. The fraction of sp³-hybridized carbons (Fsp3) is 0.417. The second-order valence-electron chi connectivity index (χ2n) is 7.89. The average molecular weight is 398 g/mol. The second-order valence-corrected chi connectivity index (χ2v) is 7.89. The number of ether oxygens (including phenoxy) is 2. The van der Waals surface area contributed by atoms with Gasteiger partial charge in [-0.2, -0.15) is 0 Å². The number of carbonyl (C=O) groups excluding carboxylic acids is 2. The number of hydrogen-bond acceptors (Lipinski definition) is 4. The number of rotatable bonds is 8. The largest absolute Gasteiger partial charge is 0.482 e. The highest BCUT2D eigenvalue weighted by Crippen LogP contribution is 2.32. The van der Waals surface area contributed by atoms with Crippen molar-refractivity contribution in [3.8, 4) is 5.75 Å². The zero-order valence-electron chi connectivity index (χ0n) is 18.2. The Labute approximate surface area is 173 Å². The van der Waals surface area contributed by atoms with E-state index in [2.05, 4.69) is 33.0 Å². The minimum absolute atomic E-state index is 0.239. The molecule has 0 radical (unpaired) electrons. The summed E-state index contributed by atoms with van der Waals surface area (Å²) in [5.41, 5.74) is 5.01. The van der Waals surface area contributed by atoms with Crippen LogP contribution in [0.15, 0.2) is 36.4 Å². The number of carbonyl (C=O) groups is 2. The average Bonchev–Trinajstić information content (AvgIpc) is 2.65. The van der Waals surface area contributed by atoms with E-state index in [-0.39, 0.29) is 31.0 Å². The van der Waals surface area contributed by atoms with Gasteiger partial charge in [0, 0.05) is 5.69 Å². The molecule has 5 nitrogen and oxygen atoms in total. The number of aryl methyl sites for hydroxylation is 2. The minimum atomic E-state index is -0.582. The van der Waals surface area contributed by atoms with Crippen molar-refractivity contribution >= 4 is 17.6 Å². The van der Waals surface area contributed by atoms with Gasteiger partial charge in [0.05, 0.1) is 0 Å². The molecule has 0 fully saturated rings. The highest BCUT2D eigenvalue weighted by atomic mass is 16.6. The van der Waals surface area contributed by atoms with E-state index in [4.69, 9.17) is 9.47 Å². The second kappa shape index (κ2) is 10.1. The molecule has 0 aliphatic heterocycles. The molecule has 2 aromatic rings. The maximum atomic E-state index is 12.4. The molecule has 0 unspecified atom stereocenters. The summed E-state index contributed by atoms with van der Waals surface area (Å²) in [4.78, 5) is 24.4. The van der Waals surface area contributed by atoms with Gasteiger partial charge in [-0.1, -0.05) is 63.6 Å². The molecule has 2 rings (SSSR count). The van der Waals surface area contributed by atoms with Crippen molar-refractivity contribution in [1.82, 2.24) is 0 Å². The van der Waals surface area contributed by atoms with Crippen LogP contribution in [0.2, 0.25) is 0 Å². The number of nitrogens with one attached hydrogen (secondary N) is 1. The number of para-hydroxylation sites is 1. The van der Waals surface area contributed by atoms with Gasteiger partial charge in [-0.3, -0.25) is 4.79 Å². The zero-order chi connectivity index (χ0) is 21.6. The first-order chi connectivity index (χ1) is 13.7. The maximum Gasteiger partial charge on any atom is 0.344 e. The Kier molecular flexibility index (Phi) is 7.82.